The Hall–Kier alpha value is -5.43. The molecule has 1 atom stereocenters. The van der Waals surface area contributed by atoms with E-state index in [-0.39, 0.29) is 70.1 Å². The maximum absolute atomic E-state index is 16.1. The van der Waals surface area contributed by atoms with Crippen molar-refractivity contribution in [1.29, 1.82) is 0 Å². The molecule has 0 saturated carbocycles. The number of benzene rings is 2. The van der Waals surface area contributed by atoms with Crippen molar-refractivity contribution in [3.05, 3.63) is 84.3 Å². The molecule has 0 radical (unpaired) electrons. The number of imidazole rings is 1. The highest BCUT2D eigenvalue weighted by Gasteiger charge is 2.32. The van der Waals surface area contributed by atoms with Crippen molar-refractivity contribution < 1.29 is 31.9 Å². The van der Waals surface area contributed by atoms with Gasteiger partial charge >= 0.3 is 0 Å². The van der Waals surface area contributed by atoms with Crippen LogP contribution in [-0.4, -0.2) is 62.0 Å². The molecule has 246 valence electrons. The Labute approximate surface area is 273 Å². The van der Waals surface area contributed by atoms with Crippen molar-refractivity contribution in [2.75, 3.05) is 26.9 Å². The predicted molar refractivity (Wildman–Crippen MR) is 173 cm³/mol. The Kier molecular flexibility index (Phi) is 7.78. The van der Waals surface area contributed by atoms with Crippen LogP contribution in [0.5, 0.6) is 5.75 Å². The summed E-state index contributed by atoms with van der Waals surface area (Å²) >= 11 is 0. The van der Waals surface area contributed by atoms with Gasteiger partial charge in [-0.15, -0.1) is 0 Å². The second-order valence-electron chi connectivity index (χ2n) is 11.6. The molecule has 0 fully saturated rings. The Bertz CT molecular complexity index is 2250. The van der Waals surface area contributed by atoms with Crippen LogP contribution < -0.4 is 4.74 Å². The predicted octanol–water partition coefficient (Wildman–Crippen LogP) is 6.75. The summed E-state index contributed by atoms with van der Waals surface area (Å²) in [5.41, 5.74) is 3.30. The third-order valence-corrected chi connectivity index (χ3v) is 8.82. The lowest BCUT2D eigenvalue weighted by Gasteiger charge is -2.33. The van der Waals surface area contributed by atoms with Crippen LogP contribution >= 0.6 is 0 Å². The molecule has 1 aliphatic heterocycles. The molecule has 7 rings (SSSR count). The number of ether oxygens (including phenoxy) is 2. The van der Waals surface area contributed by atoms with Gasteiger partial charge in [-0.3, -0.25) is 9.48 Å². The number of furan rings is 1. The normalized spacial score (nSPS) is 14.6. The molecule has 5 heterocycles. The van der Waals surface area contributed by atoms with Crippen LogP contribution in [0.1, 0.15) is 24.5 Å². The number of pyridine rings is 1. The van der Waals surface area contributed by atoms with E-state index in [0.29, 0.717) is 35.9 Å². The SMILES string of the molecule is C=CC(=O)N1CCn2nc(-c3nc(-c4ccc5c(c4)nc(C)n5C)c4occ(F)c4c3-c3c(F)cc(F)cc3OCCOC)cc2[C@H]1C. The fourth-order valence-electron chi connectivity index (χ4n) is 6.35. The number of methoxy groups -OCH3 is 1. The zero-order valence-corrected chi connectivity index (χ0v) is 26.7. The number of rotatable bonds is 8. The van der Waals surface area contributed by atoms with E-state index in [1.54, 1.807) is 15.6 Å². The Balaban J connectivity index is 1.53. The molecule has 48 heavy (non-hydrogen) atoms. The van der Waals surface area contributed by atoms with Crippen LogP contribution in [-0.2, 0) is 23.1 Å². The topological polar surface area (TPSA) is 100 Å². The molecular weight excluding hydrogens is 625 g/mol. The molecule has 2 aromatic carbocycles. The first-order valence-corrected chi connectivity index (χ1v) is 15.3. The maximum Gasteiger partial charge on any atom is 0.246 e. The van der Waals surface area contributed by atoms with Crippen molar-refractivity contribution in [2.45, 2.75) is 26.4 Å². The van der Waals surface area contributed by atoms with Crippen LogP contribution in [0.15, 0.2) is 59.7 Å². The van der Waals surface area contributed by atoms with Gasteiger partial charge in [0.05, 0.1) is 46.9 Å². The maximum atomic E-state index is 16.1. The van der Waals surface area contributed by atoms with Gasteiger partial charge in [0.25, 0.3) is 0 Å². The van der Waals surface area contributed by atoms with Crippen molar-refractivity contribution in [3.63, 3.8) is 0 Å². The van der Waals surface area contributed by atoms with E-state index in [1.807, 2.05) is 43.7 Å². The van der Waals surface area contributed by atoms with Gasteiger partial charge in [-0.2, -0.15) is 5.10 Å². The molecule has 1 amide bonds. The number of halogens is 3. The zero-order valence-electron chi connectivity index (χ0n) is 26.7. The smallest absolute Gasteiger partial charge is 0.246 e. The molecule has 0 spiro atoms. The van der Waals surface area contributed by atoms with Crippen LogP contribution in [0.25, 0.3) is 55.8 Å². The van der Waals surface area contributed by atoms with Crippen LogP contribution in [0.4, 0.5) is 13.2 Å². The minimum atomic E-state index is -0.995. The van der Waals surface area contributed by atoms with Gasteiger partial charge in [0, 0.05) is 44.0 Å². The van der Waals surface area contributed by atoms with Gasteiger partial charge in [-0.1, -0.05) is 12.6 Å². The summed E-state index contributed by atoms with van der Waals surface area (Å²) in [7, 11) is 3.38. The largest absolute Gasteiger partial charge is 0.490 e. The number of carbonyl (C=O) groups is 1. The Morgan fingerprint density at radius 3 is 2.65 bits per heavy atom. The fraction of sp³-hybridized carbons (Fsp3) is 0.257. The number of aryl methyl sites for hydroxylation is 2. The van der Waals surface area contributed by atoms with Crippen LogP contribution in [0, 0.1) is 24.4 Å². The van der Waals surface area contributed by atoms with E-state index < -0.39 is 17.5 Å². The molecule has 0 saturated heterocycles. The highest BCUT2D eigenvalue weighted by Crippen LogP contribution is 2.47. The number of fused-ring (bicyclic) bond motifs is 3. The molecule has 6 aromatic rings. The van der Waals surface area contributed by atoms with E-state index in [4.69, 9.17) is 24.0 Å². The van der Waals surface area contributed by atoms with E-state index >= 15 is 8.78 Å². The van der Waals surface area contributed by atoms with E-state index in [9.17, 15) is 9.18 Å². The van der Waals surface area contributed by atoms with Crippen molar-refractivity contribution in [3.8, 4) is 39.5 Å². The van der Waals surface area contributed by atoms with E-state index in [2.05, 4.69) is 11.6 Å². The first-order chi connectivity index (χ1) is 23.1. The second kappa shape index (κ2) is 12.0. The molecule has 13 heteroatoms. The lowest BCUT2D eigenvalue weighted by molar-refractivity contribution is -0.129. The highest BCUT2D eigenvalue weighted by atomic mass is 19.1. The lowest BCUT2D eigenvalue weighted by Crippen LogP contribution is -2.40. The molecule has 0 unspecified atom stereocenters. The van der Waals surface area contributed by atoms with Crippen molar-refractivity contribution in [2.24, 2.45) is 7.05 Å². The molecule has 4 aromatic heterocycles. The standard InChI is InChI=1S/C35H31F3N6O4/c1-6-29(45)43-9-10-44-27(18(43)2)16-25(41-44)34-32(30-22(37)14-21(36)15-28(30)47-12-11-46-5)31-23(38)17-48-35(31)33(40-34)20-7-8-26-24(13-20)39-19(3)42(26)4/h6-8,13-18H,1,9-12H2,2-5H3/t18-/m1/s1. The summed E-state index contributed by atoms with van der Waals surface area (Å²) < 4.78 is 67.1. The number of aromatic nitrogens is 5. The van der Waals surface area contributed by atoms with Gasteiger partial charge in [0.2, 0.25) is 5.91 Å². The second-order valence-corrected chi connectivity index (χ2v) is 11.6. The molecule has 0 bridgehead atoms. The minimum Gasteiger partial charge on any atom is -0.490 e. The molecule has 10 nitrogen and oxygen atoms in total. The van der Waals surface area contributed by atoms with Crippen LogP contribution in [0.3, 0.4) is 0 Å². The van der Waals surface area contributed by atoms with Gasteiger partial charge in [-0.05, 0) is 38.1 Å². The number of carbonyl (C=O) groups excluding carboxylic acids is 1. The van der Waals surface area contributed by atoms with Gasteiger partial charge in [0.15, 0.2) is 11.4 Å². The van der Waals surface area contributed by atoms with Gasteiger partial charge in [-0.25, -0.2) is 23.1 Å². The first kappa shape index (κ1) is 31.2. The minimum absolute atomic E-state index is 0.0261. The summed E-state index contributed by atoms with van der Waals surface area (Å²) in [5.74, 6) is -2.26. The zero-order chi connectivity index (χ0) is 33.9. The van der Waals surface area contributed by atoms with Crippen molar-refractivity contribution >= 4 is 27.9 Å². The summed E-state index contributed by atoms with van der Waals surface area (Å²) in [5, 5.41) is 4.73. The number of hydrogen-bond donors (Lipinski definition) is 0. The molecular formula is C35H31F3N6O4. The fourth-order valence-corrected chi connectivity index (χ4v) is 6.35. The number of amides is 1. The van der Waals surface area contributed by atoms with Crippen LogP contribution in [0.2, 0.25) is 0 Å². The molecule has 1 aliphatic rings. The van der Waals surface area contributed by atoms with E-state index in [1.165, 1.54) is 13.2 Å². The average molecular weight is 657 g/mol. The van der Waals surface area contributed by atoms with Gasteiger partial charge < -0.3 is 23.4 Å². The van der Waals surface area contributed by atoms with E-state index in [0.717, 1.165) is 23.7 Å². The summed E-state index contributed by atoms with van der Waals surface area (Å²) in [4.78, 5) is 23.9. The Morgan fingerprint density at radius 1 is 1.06 bits per heavy atom. The molecule has 0 N–H and O–H groups in total. The molecule has 0 aliphatic carbocycles. The highest BCUT2D eigenvalue weighted by molar-refractivity contribution is 6.07. The third-order valence-electron chi connectivity index (χ3n) is 8.82. The first-order valence-electron chi connectivity index (χ1n) is 15.3. The number of hydrogen-bond acceptors (Lipinski definition) is 7. The number of nitrogens with zero attached hydrogens (tertiary/aromatic N) is 6. The quantitative estimate of drug-likeness (QED) is 0.132. The monoisotopic (exact) mass is 656 g/mol. The lowest BCUT2D eigenvalue weighted by atomic mass is 9.94. The summed E-state index contributed by atoms with van der Waals surface area (Å²) in [6.45, 7) is 8.23. The van der Waals surface area contributed by atoms with Crippen molar-refractivity contribution in [1.82, 2.24) is 29.2 Å². The third kappa shape index (κ3) is 5.01. The van der Waals surface area contributed by atoms with Gasteiger partial charge in [0.1, 0.15) is 53.2 Å². The summed E-state index contributed by atoms with van der Waals surface area (Å²) in [6, 6.07) is 8.63. The average Bonchev–Trinajstić information content (AvgIpc) is 3.76. The Morgan fingerprint density at radius 2 is 1.88 bits per heavy atom. The summed E-state index contributed by atoms with van der Waals surface area (Å²) in [6.07, 6.45) is 2.19.